The van der Waals surface area contributed by atoms with Crippen LogP contribution in [0.5, 0.6) is 0 Å². The molecular formula is C20H29N3O3. The van der Waals surface area contributed by atoms with E-state index < -0.39 is 5.60 Å². The summed E-state index contributed by atoms with van der Waals surface area (Å²) in [5, 5.41) is 10.9. The van der Waals surface area contributed by atoms with Crippen molar-refractivity contribution >= 4 is 17.5 Å². The van der Waals surface area contributed by atoms with Crippen LogP contribution in [0.4, 0.5) is 5.69 Å². The molecule has 2 amide bonds. The Balaban J connectivity index is 1.65. The maximum Gasteiger partial charge on any atom is 0.256 e. The van der Waals surface area contributed by atoms with Crippen molar-refractivity contribution in [2.45, 2.75) is 39.2 Å². The number of β-amino-alcohol motifs (C(OH)–C–C–N with tert-alkyl or cyclic N) is 1. The number of benzene rings is 1. The molecule has 26 heavy (non-hydrogen) atoms. The highest BCUT2D eigenvalue weighted by Crippen LogP contribution is 2.27. The Hall–Kier alpha value is -2.08. The van der Waals surface area contributed by atoms with E-state index in [0.29, 0.717) is 32.5 Å². The zero-order chi connectivity index (χ0) is 18.9. The molecular weight excluding hydrogens is 330 g/mol. The van der Waals surface area contributed by atoms with E-state index in [2.05, 4.69) is 36.9 Å². The van der Waals surface area contributed by atoms with Gasteiger partial charge >= 0.3 is 0 Å². The molecule has 1 aromatic carbocycles. The SMILES string of the molecule is CC(=O)N1CCC[C@@](O)(C(=O)N2CCN(c3cccc(C)c3C)CC2)C1. The zero-order valence-electron chi connectivity index (χ0n) is 16.0. The molecule has 0 radical (unpaired) electrons. The van der Waals surface area contributed by atoms with E-state index in [1.807, 2.05) is 0 Å². The van der Waals surface area contributed by atoms with Crippen molar-refractivity contribution in [1.82, 2.24) is 9.80 Å². The summed E-state index contributed by atoms with van der Waals surface area (Å²) in [7, 11) is 0. The molecule has 1 aromatic rings. The van der Waals surface area contributed by atoms with E-state index in [1.165, 1.54) is 23.7 Å². The van der Waals surface area contributed by atoms with Gasteiger partial charge in [0.1, 0.15) is 0 Å². The smallest absolute Gasteiger partial charge is 0.256 e. The number of hydrogen-bond acceptors (Lipinski definition) is 4. The lowest BCUT2D eigenvalue weighted by Gasteiger charge is -2.43. The second kappa shape index (κ2) is 7.27. The Morgan fingerprint density at radius 1 is 1.04 bits per heavy atom. The number of rotatable bonds is 2. The van der Waals surface area contributed by atoms with E-state index >= 15 is 0 Å². The summed E-state index contributed by atoms with van der Waals surface area (Å²) in [6.07, 6.45) is 1.08. The summed E-state index contributed by atoms with van der Waals surface area (Å²) < 4.78 is 0. The van der Waals surface area contributed by atoms with Crippen LogP contribution >= 0.6 is 0 Å². The Morgan fingerprint density at radius 2 is 1.73 bits per heavy atom. The first-order valence-electron chi connectivity index (χ1n) is 9.40. The monoisotopic (exact) mass is 359 g/mol. The number of aliphatic hydroxyl groups is 1. The second-order valence-electron chi connectivity index (χ2n) is 7.57. The molecule has 142 valence electrons. The van der Waals surface area contributed by atoms with Gasteiger partial charge in [0.25, 0.3) is 5.91 Å². The fraction of sp³-hybridized carbons (Fsp3) is 0.600. The Labute approximate surface area is 155 Å². The van der Waals surface area contributed by atoms with Gasteiger partial charge in [0, 0.05) is 45.3 Å². The lowest BCUT2D eigenvalue weighted by molar-refractivity contribution is -0.160. The van der Waals surface area contributed by atoms with Crippen LogP contribution < -0.4 is 4.90 Å². The quantitative estimate of drug-likeness (QED) is 0.865. The number of aryl methyl sites for hydroxylation is 1. The number of amides is 2. The van der Waals surface area contributed by atoms with E-state index in [1.54, 1.807) is 9.80 Å². The van der Waals surface area contributed by atoms with Crippen molar-refractivity contribution < 1.29 is 14.7 Å². The standard InChI is InChI=1S/C20H29N3O3/c1-15-6-4-7-18(16(15)2)21-10-12-22(13-11-21)19(25)20(26)8-5-9-23(14-20)17(3)24/h4,6-7,26H,5,8-14H2,1-3H3/t20-/m0/s1. The van der Waals surface area contributed by atoms with E-state index in [0.717, 1.165) is 13.1 Å². The number of carbonyl (C=O) groups excluding carboxylic acids is 2. The average Bonchev–Trinajstić information content (AvgIpc) is 2.63. The van der Waals surface area contributed by atoms with Gasteiger partial charge < -0.3 is 19.8 Å². The average molecular weight is 359 g/mol. The highest BCUT2D eigenvalue weighted by atomic mass is 16.3. The number of likely N-dealkylation sites (tertiary alicyclic amines) is 1. The van der Waals surface area contributed by atoms with Crippen LogP contribution in [-0.2, 0) is 9.59 Å². The van der Waals surface area contributed by atoms with Crippen LogP contribution in [0.2, 0.25) is 0 Å². The number of anilines is 1. The van der Waals surface area contributed by atoms with Crippen molar-refractivity contribution in [3.63, 3.8) is 0 Å². The van der Waals surface area contributed by atoms with E-state index in [9.17, 15) is 14.7 Å². The Bertz CT molecular complexity index is 698. The number of piperidine rings is 1. The summed E-state index contributed by atoms with van der Waals surface area (Å²) in [5.74, 6) is -0.320. The van der Waals surface area contributed by atoms with E-state index in [-0.39, 0.29) is 18.4 Å². The first-order valence-corrected chi connectivity index (χ1v) is 9.40. The van der Waals surface area contributed by atoms with Crippen molar-refractivity contribution in [3.05, 3.63) is 29.3 Å². The fourth-order valence-electron chi connectivity index (χ4n) is 4.00. The van der Waals surface area contributed by atoms with Gasteiger partial charge in [-0.25, -0.2) is 0 Å². The topological polar surface area (TPSA) is 64.1 Å². The third kappa shape index (κ3) is 3.56. The molecule has 2 heterocycles. The summed E-state index contributed by atoms with van der Waals surface area (Å²) in [6, 6.07) is 6.30. The van der Waals surface area contributed by atoms with E-state index in [4.69, 9.17) is 0 Å². The molecule has 2 saturated heterocycles. The molecule has 2 aliphatic heterocycles. The van der Waals surface area contributed by atoms with Crippen LogP contribution in [-0.4, -0.2) is 71.6 Å². The lowest BCUT2D eigenvalue weighted by Crippen LogP contribution is -2.61. The predicted octanol–water partition coefficient (Wildman–Crippen LogP) is 1.33. The third-order valence-electron chi connectivity index (χ3n) is 5.80. The largest absolute Gasteiger partial charge is 0.378 e. The first kappa shape index (κ1) is 18.7. The molecule has 6 heteroatoms. The zero-order valence-corrected chi connectivity index (χ0v) is 16.0. The minimum absolute atomic E-state index is 0.0873. The fourth-order valence-corrected chi connectivity index (χ4v) is 4.00. The van der Waals surface area contributed by atoms with Gasteiger partial charge in [-0.1, -0.05) is 12.1 Å². The summed E-state index contributed by atoms with van der Waals surface area (Å²) in [4.78, 5) is 30.2. The van der Waals surface area contributed by atoms with Crippen molar-refractivity contribution in [1.29, 1.82) is 0 Å². The van der Waals surface area contributed by atoms with Crippen molar-refractivity contribution in [3.8, 4) is 0 Å². The number of carbonyl (C=O) groups is 2. The maximum atomic E-state index is 12.9. The van der Waals surface area contributed by atoms with Crippen LogP contribution in [0, 0.1) is 13.8 Å². The van der Waals surface area contributed by atoms with Gasteiger partial charge in [-0.3, -0.25) is 9.59 Å². The van der Waals surface area contributed by atoms with Gasteiger partial charge in [-0.15, -0.1) is 0 Å². The molecule has 1 atom stereocenters. The van der Waals surface area contributed by atoms with Crippen LogP contribution in [0.15, 0.2) is 18.2 Å². The van der Waals surface area contributed by atoms with Gasteiger partial charge in [-0.2, -0.15) is 0 Å². The van der Waals surface area contributed by atoms with Gasteiger partial charge in [-0.05, 0) is 43.9 Å². The molecule has 0 aliphatic carbocycles. The van der Waals surface area contributed by atoms with Crippen molar-refractivity contribution in [2.75, 3.05) is 44.2 Å². The normalized spacial score (nSPS) is 23.9. The summed E-state index contributed by atoms with van der Waals surface area (Å²) in [5.41, 5.74) is 2.32. The maximum absolute atomic E-state index is 12.9. The molecule has 1 N–H and O–H groups in total. The van der Waals surface area contributed by atoms with Crippen LogP contribution in [0.3, 0.4) is 0 Å². The minimum atomic E-state index is -1.44. The Morgan fingerprint density at radius 3 is 2.38 bits per heavy atom. The molecule has 0 aromatic heterocycles. The molecule has 6 nitrogen and oxygen atoms in total. The second-order valence-corrected chi connectivity index (χ2v) is 7.57. The summed E-state index contributed by atoms with van der Waals surface area (Å²) in [6.45, 7) is 9.14. The number of nitrogens with zero attached hydrogens (tertiary/aromatic N) is 3. The molecule has 2 aliphatic rings. The highest BCUT2D eigenvalue weighted by molar-refractivity contribution is 5.86. The predicted molar refractivity (Wildman–Crippen MR) is 101 cm³/mol. The van der Waals surface area contributed by atoms with Crippen LogP contribution in [0.1, 0.15) is 30.9 Å². The van der Waals surface area contributed by atoms with Gasteiger partial charge in [0.05, 0.1) is 6.54 Å². The summed E-state index contributed by atoms with van der Waals surface area (Å²) >= 11 is 0. The number of piperazine rings is 1. The molecule has 0 bridgehead atoms. The first-order chi connectivity index (χ1) is 12.3. The van der Waals surface area contributed by atoms with Crippen molar-refractivity contribution in [2.24, 2.45) is 0 Å². The molecule has 2 fully saturated rings. The van der Waals surface area contributed by atoms with Gasteiger partial charge in [0.2, 0.25) is 5.91 Å². The molecule has 0 saturated carbocycles. The molecule has 0 unspecified atom stereocenters. The Kier molecular flexibility index (Phi) is 5.23. The lowest BCUT2D eigenvalue weighted by atomic mass is 9.91. The number of hydrogen-bond donors (Lipinski definition) is 1. The van der Waals surface area contributed by atoms with Crippen LogP contribution in [0.25, 0.3) is 0 Å². The molecule has 3 rings (SSSR count). The highest BCUT2D eigenvalue weighted by Gasteiger charge is 2.44. The van der Waals surface area contributed by atoms with Gasteiger partial charge in [0.15, 0.2) is 5.60 Å². The minimum Gasteiger partial charge on any atom is -0.378 e. The third-order valence-corrected chi connectivity index (χ3v) is 5.80. The molecule has 0 spiro atoms.